The molecule has 0 heterocycles. The Hall–Kier alpha value is -1.79. The summed E-state index contributed by atoms with van der Waals surface area (Å²) < 4.78 is 0.996. The van der Waals surface area contributed by atoms with E-state index in [1.165, 1.54) is 6.07 Å². The maximum atomic E-state index is 11.5. The molecule has 0 bridgehead atoms. The van der Waals surface area contributed by atoms with Gasteiger partial charge in [-0.25, -0.2) is 0 Å². The number of hydrogen-bond acceptors (Lipinski definition) is 3. The summed E-state index contributed by atoms with van der Waals surface area (Å²) >= 11 is 8.47. The third kappa shape index (κ3) is 4.11. The number of hydrogen-bond donors (Lipinski definition) is 3. The molecular formula is C13H11BrN3OS-. The molecule has 0 atom stereocenters. The van der Waals surface area contributed by atoms with Gasteiger partial charge >= 0.3 is 0 Å². The zero-order valence-corrected chi connectivity index (χ0v) is 12.2. The molecule has 2 aromatic carbocycles. The van der Waals surface area contributed by atoms with Crippen LogP contribution in [0.15, 0.2) is 53.0 Å². The first kappa shape index (κ1) is 13.6. The Morgan fingerprint density at radius 1 is 1.05 bits per heavy atom. The molecule has 19 heavy (non-hydrogen) atoms. The number of nitrogens with one attached hydrogen (secondary N) is 3. The molecule has 0 saturated heterocycles. The van der Waals surface area contributed by atoms with Gasteiger partial charge in [0.05, 0.1) is 0 Å². The van der Waals surface area contributed by atoms with Crippen molar-refractivity contribution in [1.29, 1.82) is 0 Å². The van der Waals surface area contributed by atoms with Crippen LogP contribution in [0.4, 0.5) is 11.4 Å². The summed E-state index contributed by atoms with van der Waals surface area (Å²) in [6, 6.07) is 14.2. The smallest absolute Gasteiger partial charge is 0.189 e. The molecule has 0 aromatic heterocycles. The third-order valence-electron chi connectivity index (χ3n) is 2.30. The largest absolute Gasteiger partial charge is 0.871 e. The van der Waals surface area contributed by atoms with E-state index in [0.29, 0.717) is 10.8 Å². The second kappa shape index (κ2) is 6.40. The van der Waals surface area contributed by atoms with Crippen LogP contribution >= 0.6 is 28.1 Å². The molecule has 6 heteroatoms. The molecule has 2 rings (SSSR count). The highest BCUT2D eigenvalue weighted by Crippen LogP contribution is 2.17. The molecule has 0 fully saturated rings. The molecule has 0 aliphatic rings. The van der Waals surface area contributed by atoms with E-state index in [4.69, 9.17) is 12.2 Å². The average molecular weight is 337 g/mol. The van der Waals surface area contributed by atoms with Crippen LogP contribution in [-0.4, -0.2) is 5.11 Å². The zero-order chi connectivity index (χ0) is 13.7. The maximum Gasteiger partial charge on any atom is 0.189 e. The second-order valence-electron chi connectivity index (χ2n) is 3.71. The third-order valence-corrected chi connectivity index (χ3v) is 3.03. The lowest BCUT2D eigenvalue weighted by molar-refractivity contribution is -0.267. The van der Waals surface area contributed by atoms with Crippen LogP contribution in [0.2, 0.25) is 0 Å². The van der Waals surface area contributed by atoms with Crippen molar-refractivity contribution in [1.82, 2.24) is 5.43 Å². The van der Waals surface area contributed by atoms with Crippen molar-refractivity contribution < 1.29 is 5.11 Å². The quantitative estimate of drug-likeness (QED) is 0.594. The van der Waals surface area contributed by atoms with Crippen LogP contribution in [0.5, 0.6) is 5.75 Å². The lowest BCUT2D eigenvalue weighted by atomic mass is 10.3. The predicted octanol–water partition coefficient (Wildman–Crippen LogP) is 2.84. The standard InChI is InChI=1S/C13H12BrN3OS/c14-9-5-7-10(8-6-9)15-13(19)17-16-11-3-1-2-4-12(11)18/h1-8,16,18H,(H2,15,17,19)/p-1. The number of para-hydroxylation sites is 2. The minimum Gasteiger partial charge on any atom is -0.871 e. The Kier molecular flexibility index (Phi) is 4.59. The minimum absolute atomic E-state index is 0.0959. The normalized spacial score (nSPS) is 9.74. The summed E-state index contributed by atoms with van der Waals surface area (Å²) in [5.74, 6) is -0.0959. The second-order valence-corrected chi connectivity index (χ2v) is 5.03. The summed E-state index contributed by atoms with van der Waals surface area (Å²) in [6.07, 6.45) is 0. The Bertz CT molecular complexity index is 574. The maximum absolute atomic E-state index is 11.5. The van der Waals surface area contributed by atoms with Crippen LogP contribution < -0.4 is 21.3 Å². The molecule has 0 spiro atoms. The van der Waals surface area contributed by atoms with Gasteiger partial charge in [-0.1, -0.05) is 39.9 Å². The summed E-state index contributed by atoms with van der Waals surface area (Å²) in [4.78, 5) is 0. The number of benzene rings is 2. The van der Waals surface area contributed by atoms with E-state index < -0.39 is 0 Å². The molecule has 0 radical (unpaired) electrons. The average Bonchev–Trinajstić information content (AvgIpc) is 2.40. The molecule has 98 valence electrons. The van der Waals surface area contributed by atoms with Crippen molar-refractivity contribution in [2.75, 3.05) is 10.7 Å². The lowest BCUT2D eigenvalue weighted by Gasteiger charge is -2.17. The summed E-state index contributed by atoms with van der Waals surface area (Å²) in [5.41, 5.74) is 6.84. The van der Waals surface area contributed by atoms with Crippen molar-refractivity contribution in [3.8, 4) is 5.75 Å². The number of thiocarbonyl (C=S) groups is 1. The highest BCUT2D eigenvalue weighted by atomic mass is 79.9. The van der Waals surface area contributed by atoms with Crippen molar-refractivity contribution in [3.05, 3.63) is 53.0 Å². The SMILES string of the molecule is [O-]c1ccccc1NNC(=S)Nc1ccc(Br)cc1. The van der Waals surface area contributed by atoms with Gasteiger partial charge in [0.25, 0.3) is 0 Å². The fourth-order valence-electron chi connectivity index (χ4n) is 1.39. The van der Waals surface area contributed by atoms with E-state index in [-0.39, 0.29) is 5.75 Å². The lowest BCUT2D eigenvalue weighted by Crippen LogP contribution is -2.33. The minimum atomic E-state index is -0.0959. The fraction of sp³-hybridized carbons (Fsp3) is 0. The molecule has 0 saturated carbocycles. The van der Waals surface area contributed by atoms with Gasteiger partial charge in [-0.15, -0.1) is 0 Å². The molecule has 2 aromatic rings. The highest BCUT2D eigenvalue weighted by Gasteiger charge is 1.97. The highest BCUT2D eigenvalue weighted by molar-refractivity contribution is 9.10. The van der Waals surface area contributed by atoms with Crippen molar-refractivity contribution in [2.45, 2.75) is 0 Å². The zero-order valence-electron chi connectivity index (χ0n) is 9.81. The molecule has 0 aliphatic heterocycles. The van der Waals surface area contributed by atoms with Gasteiger partial charge in [0.15, 0.2) is 5.11 Å². The van der Waals surface area contributed by atoms with E-state index in [1.807, 2.05) is 24.3 Å². The molecule has 4 nitrogen and oxygen atoms in total. The number of anilines is 2. The Morgan fingerprint density at radius 3 is 2.42 bits per heavy atom. The molecular weight excluding hydrogens is 326 g/mol. The van der Waals surface area contributed by atoms with Crippen molar-refractivity contribution in [3.63, 3.8) is 0 Å². The van der Waals surface area contributed by atoms with E-state index in [0.717, 1.165) is 10.2 Å². The van der Waals surface area contributed by atoms with E-state index >= 15 is 0 Å². The van der Waals surface area contributed by atoms with Gasteiger partial charge in [-0.05, 0) is 42.5 Å². The first-order valence-electron chi connectivity index (χ1n) is 5.50. The molecule has 0 unspecified atom stereocenters. The van der Waals surface area contributed by atoms with Gasteiger partial charge in [0.1, 0.15) is 0 Å². The molecule has 0 aliphatic carbocycles. The first-order chi connectivity index (χ1) is 9.15. The van der Waals surface area contributed by atoms with E-state index in [2.05, 4.69) is 32.1 Å². The monoisotopic (exact) mass is 336 g/mol. The van der Waals surface area contributed by atoms with Gasteiger partial charge in [0, 0.05) is 15.8 Å². The van der Waals surface area contributed by atoms with Crippen LogP contribution in [0.3, 0.4) is 0 Å². The number of hydrazine groups is 1. The summed E-state index contributed by atoms with van der Waals surface area (Å²) in [5, 5.41) is 14.8. The number of rotatable bonds is 3. The fourth-order valence-corrected chi connectivity index (χ4v) is 1.82. The van der Waals surface area contributed by atoms with Crippen LogP contribution in [0.1, 0.15) is 0 Å². The van der Waals surface area contributed by atoms with Gasteiger partial charge in [-0.2, -0.15) is 0 Å². The topological polar surface area (TPSA) is 59.1 Å². The van der Waals surface area contributed by atoms with Crippen molar-refractivity contribution >= 4 is 44.6 Å². The van der Waals surface area contributed by atoms with Gasteiger partial charge in [-0.3, -0.25) is 10.9 Å². The Labute approximate surface area is 124 Å². The van der Waals surface area contributed by atoms with Crippen LogP contribution in [0, 0.1) is 0 Å². The van der Waals surface area contributed by atoms with Crippen LogP contribution in [0.25, 0.3) is 0 Å². The van der Waals surface area contributed by atoms with E-state index in [1.54, 1.807) is 18.2 Å². The van der Waals surface area contributed by atoms with E-state index in [9.17, 15) is 5.11 Å². The van der Waals surface area contributed by atoms with Gasteiger partial charge < -0.3 is 10.4 Å². The molecule has 0 amide bonds. The number of halogens is 1. The molecule has 3 N–H and O–H groups in total. The van der Waals surface area contributed by atoms with Crippen LogP contribution in [-0.2, 0) is 0 Å². The summed E-state index contributed by atoms with van der Waals surface area (Å²) in [7, 11) is 0. The predicted molar refractivity (Wildman–Crippen MR) is 83.0 cm³/mol. The van der Waals surface area contributed by atoms with Crippen molar-refractivity contribution in [2.24, 2.45) is 0 Å². The van der Waals surface area contributed by atoms with Gasteiger partial charge in [0.2, 0.25) is 0 Å². The Morgan fingerprint density at radius 2 is 1.74 bits per heavy atom. The summed E-state index contributed by atoms with van der Waals surface area (Å²) in [6.45, 7) is 0. The first-order valence-corrected chi connectivity index (χ1v) is 6.70. The Balaban J connectivity index is 1.88.